The lowest BCUT2D eigenvalue weighted by Gasteiger charge is -2.29. The smallest absolute Gasteiger partial charge is 0.221 e. The van der Waals surface area contributed by atoms with Crippen molar-refractivity contribution in [1.29, 1.82) is 0 Å². The van der Waals surface area contributed by atoms with Gasteiger partial charge in [0.1, 0.15) is 0 Å². The molecule has 0 bridgehead atoms. The van der Waals surface area contributed by atoms with Crippen LogP contribution in [0.2, 0.25) is 0 Å². The van der Waals surface area contributed by atoms with Crippen molar-refractivity contribution < 1.29 is 13.2 Å². The Kier molecular flexibility index (Phi) is 4.47. The number of nitrogens with zero attached hydrogens (tertiary/aromatic N) is 1. The Morgan fingerprint density at radius 1 is 1.26 bits per heavy atom. The molecule has 1 aliphatic heterocycles. The second-order valence-corrected chi connectivity index (χ2v) is 7.65. The van der Waals surface area contributed by atoms with Gasteiger partial charge in [0.15, 0.2) is 0 Å². The fourth-order valence-corrected chi connectivity index (χ4v) is 4.49. The lowest BCUT2D eigenvalue weighted by molar-refractivity contribution is -0.123. The van der Waals surface area contributed by atoms with Crippen LogP contribution in [-0.4, -0.2) is 49.6 Å². The molecule has 0 spiro atoms. The van der Waals surface area contributed by atoms with E-state index in [1.54, 1.807) is 0 Å². The molecule has 0 radical (unpaired) electrons. The van der Waals surface area contributed by atoms with Crippen LogP contribution in [0.3, 0.4) is 0 Å². The number of carbonyl (C=O) groups excluding carboxylic acids is 1. The van der Waals surface area contributed by atoms with E-state index in [1.165, 1.54) is 4.31 Å². The largest absolute Gasteiger partial charge is 0.349 e. The van der Waals surface area contributed by atoms with Gasteiger partial charge >= 0.3 is 0 Å². The summed E-state index contributed by atoms with van der Waals surface area (Å²) >= 11 is 0. The van der Waals surface area contributed by atoms with Crippen LogP contribution in [0.4, 0.5) is 0 Å². The summed E-state index contributed by atoms with van der Waals surface area (Å²) in [5.74, 6) is 0.121. The normalized spacial score (nSPS) is 25.5. The van der Waals surface area contributed by atoms with Gasteiger partial charge in [0, 0.05) is 26.1 Å². The van der Waals surface area contributed by atoms with E-state index in [-0.39, 0.29) is 30.2 Å². The van der Waals surface area contributed by atoms with Crippen LogP contribution in [-0.2, 0) is 14.8 Å². The fraction of sp³-hybridized carbons (Fsp3) is 0.917. The molecule has 2 aliphatic rings. The molecule has 0 aromatic carbocycles. The molecule has 19 heavy (non-hydrogen) atoms. The van der Waals surface area contributed by atoms with Gasteiger partial charge in [0.25, 0.3) is 0 Å². The highest BCUT2D eigenvalue weighted by Gasteiger charge is 2.34. The highest BCUT2D eigenvalue weighted by atomic mass is 32.2. The first-order valence-corrected chi connectivity index (χ1v) is 8.57. The van der Waals surface area contributed by atoms with Crippen LogP contribution in [0.25, 0.3) is 0 Å². The Hall–Kier alpha value is -0.660. The minimum Gasteiger partial charge on any atom is -0.349 e. The zero-order valence-corrected chi connectivity index (χ0v) is 12.0. The van der Waals surface area contributed by atoms with Crippen molar-refractivity contribution in [1.82, 2.24) is 9.62 Å². The Balaban J connectivity index is 1.82. The van der Waals surface area contributed by atoms with Crippen LogP contribution in [0.5, 0.6) is 0 Å². The third kappa shape index (κ3) is 3.46. The van der Waals surface area contributed by atoms with Crippen LogP contribution in [0.1, 0.15) is 38.5 Å². The van der Waals surface area contributed by atoms with Crippen molar-refractivity contribution in [2.75, 3.05) is 25.4 Å². The summed E-state index contributed by atoms with van der Waals surface area (Å²) in [6.45, 7) is 1.28. The van der Waals surface area contributed by atoms with E-state index < -0.39 is 10.0 Å². The van der Waals surface area contributed by atoms with Gasteiger partial charge in [-0.1, -0.05) is 12.8 Å². The molecule has 1 saturated heterocycles. The van der Waals surface area contributed by atoms with Crippen molar-refractivity contribution in [3.05, 3.63) is 0 Å². The van der Waals surface area contributed by atoms with Gasteiger partial charge in [-0.3, -0.25) is 4.79 Å². The van der Waals surface area contributed by atoms with Crippen LogP contribution < -0.4 is 11.1 Å². The number of carbonyl (C=O) groups is 1. The maximum Gasteiger partial charge on any atom is 0.221 e. The van der Waals surface area contributed by atoms with E-state index in [0.29, 0.717) is 19.5 Å². The van der Waals surface area contributed by atoms with Crippen LogP contribution in [0.15, 0.2) is 0 Å². The molecule has 7 heteroatoms. The van der Waals surface area contributed by atoms with Crippen molar-refractivity contribution in [3.8, 4) is 0 Å². The quantitative estimate of drug-likeness (QED) is 0.733. The SMILES string of the molecule is NCC1(NC(=O)CCN2CCCS2(=O)=O)CCCC1. The minimum absolute atomic E-state index is 0.0885. The second-order valence-electron chi connectivity index (χ2n) is 5.56. The maximum absolute atomic E-state index is 11.9. The topological polar surface area (TPSA) is 92.5 Å². The molecule has 0 unspecified atom stereocenters. The zero-order chi connectivity index (χ0) is 13.9. The lowest BCUT2D eigenvalue weighted by Crippen LogP contribution is -2.52. The second kappa shape index (κ2) is 5.76. The third-order valence-corrected chi connectivity index (χ3v) is 6.10. The summed E-state index contributed by atoms with van der Waals surface area (Å²) < 4.78 is 24.6. The average molecular weight is 289 g/mol. The van der Waals surface area contributed by atoms with E-state index in [1.807, 2.05) is 0 Å². The molecular formula is C12H23N3O3S. The van der Waals surface area contributed by atoms with Gasteiger partial charge in [0.2, 0.25) is 15.9 Å². The number of amides is 1. The molecule has 6 nitrogen and oxygen atoms in total. The van der Waals surface area contributed by atoms with Gasteiger partial charge in [0.05, 0.1) is 11.3 Å². The van der Waals surface area contributed by atoms with Gasteiger partial charge in [-0.05, 0) is 19.3 Å². The van der Waals surface area contributed by atoms with E-state index >= 15 is 0 Å². The highest BCUT2D eigenvalue weighted by Crippen LogP contribution is 2.28. The van der Waals surface area contributed by atoms with Crippen molar-refractivity contribution in [2.45, 2.75) is 44.1 Å². The lowest BCUT2D eigenvalue weighted by atomic mass is 9.97. The van der Waals surface area contributed by atoms with Crippen LogP contribution >= 0.6 is 0 Å². The molecule has 110 valence electrons. The molecule has 1 saturated carbocycles. The van der Waals surface area contributed by atoms with E-state index in [0.717, 1.165) is 25.7 Å². The summed E-state index contributed by atoms with van der Waals surface area (Å²) in [4.78, 5) is 11.9. The molecule has 1 heterocycles. The number of hydrogen-bond acceptors (Lipinski definition) is 4. The van der Waals surface area contributed by atoms with Crippen LogP contribution in [0, 0.1) is 0 Å². The predicted octanol–water partition coefficient (Wildman–Crippen LogP) is -0.200. The molecule has 1 aliphatic carbocycles. The molecule has 0 aromatic rings. The fourth-order valence-electron chi connectivity index (χ4n) is 2.96. The molecule has 0 aromatic heterocycles. The highest BCUT2D eigenvalue weighted by molar-refractivity contribution is 7.89. The Labute approximate surface area is 114 Å². The third-order valence-electron chi connectivity index (χ3n) is 4.15. The zero-order valence-electron chi connectivity index (χ0n) is 11.2. The monoisotopic (exact) mass is 289 g/mol. The van der Waals surface area contributed by atoms with Crippen molar-refractivity contribution in [3.63, 3.8) is 0 Å². The molecular weight excluding hydrogens is 266 g/mol. The van der Waals surface area contributed by atoms with Gasteiger partial charge in [-0.2, -0.15) is 0 Å². The molecule has 2 rings (SSSR count). The van der Waals surface area contributed by atoms with E-state index in [2.05, 4.69) is 5.32 Å². The average Bonchev–Trinajstić information content (AvgIpc) is 2.94. The Morgan fingerprint density at radius 3 is 2.47 bits per heavy atom. The predicted molar refractivity (Wildman–Crippen MR) is 73.0 cm³/mol. The van der Waals surface area contributed by atoms with Crippen molar-refractivity contribution in [2.24, 2.45) is 5.73 Å². The first kappa shape index (κ1) is 14.7. The number of hydrogen-bond donors (Lipinski definition) is 2. The first-order chi connectivity index (χ1) is 8.97. The maximum atomic E-state index is 11.9. The number of sulfonamides is 1. The Morgan fingerprint density at radius 2 is 1.95 bits per heavy atom. The summed E-state index contributed by atoms with van der Waals surface area (Å²) in [6, 6.07) is 0. The summed E-state index contributed by atoms with van der Waals surface area (Å²) in [7, 11) is -3.10. The van der Waals surface area contributed by atoms with Gasteiger partial charge in [-0.25, -0.2) is 12.7 Å². The van der Waals surface area contributed by atoms with Crippen molar-refractivity contribution >= 4 is 15.9 Å². The Bertz CT molecular complexity index is 430. The summed E-state index contributed by atoms with van der Waals surface area (Å²) in [5.41, 5.74) is 5.51. The molecule has 0 atom stereocenters. The van der Waals surface area contributed by atoms with E-state index in [9.17, 15) is 13.2 Å². The minimum atomic E-state index is -3.10. The number of rotatable bonds is 5. The van der Waals surface area contributed by atoms with Gasteiger partial charge in [-0.15, -0.1) is 0 Å². The number of nitrogens with two attached hydrogens (primary N) is 1. The standard InChI is InChI=1S/C12H23N3O3S/c13-10-12(5-1-2-6-12)14-11(16)4-8-15-7-3-9-19(15,17)18/h1-10,13H2,(H,14,16). The molecule has 2 fully saturated rings. The summed E-state index contributed by atoms with van der Waals surface area (Å²) in [5, 5.41) is 3.01. The van der Waals surface area contributed by atoms with Gasteiger partial charge < -0.3 is 11.1 Å². The molecule has 3 N–H and O–H groups in total. The first-order valence-electron chi connectivity index (χ1n) is 6.96. The molecule has 1 amide bonds. The summed E-state index contributed by atoms with van der Waals surface area (Å²) in [6.07, 6.45) is 4.93. The number of nitrogens with one attached hydrogen (secondary N) is 1. The van der Waals surface area contributed by atoms with E-state index in [4.69, 9.17) is 5.73 Å².